The number of benzene rings is 2. The molecule has 2 saturated heterocycles. The third kappa shape index (κ3) is 3.76. The van der Waals surface area contributed by atoms with E-state index in [0.29, 0.717) is 46.2 Å². The van der Waals surface area contributed by atoms with Gasteiger partial charge in [-0.05, 0) is 42.8 Å². The molecule has 0 aliphatic carbocycles. The zero-order valence-electron chi connectivity index (χ0n) is 20.2. The third-order valence-electron chi connectivity index (χ3n) is 7.35. The number of likely N-dealkylation sites (tertiary alicyclic amines) is 1. The van der Waals surface area contributed by atoms with Gasteiger partial charge in [0.15, 0.2) is 5.65 Å². The Morgan fingerprint density at radius 2 is 1.79 bits per heavy atom. The summed E-state index contributed by atoms with van der Waals surface area (Å²) in [5.41, 5.74) is 2.14. The molecule has 2 bridgehead atoms. The van der Waals surface area contributed by atoms with Gasteiger partial charge >= 0.3 is 6.09 Å². The Bertz CT molecular complexity index is 1820. The summed E-state index contributed by atoms with van der Waals surface area (Å²) in [6.45, 7) is 1.22. The minimum Gasteiger partial charge on any atom is -0.465 e. The number of anilines is 3. The lowest BCUT2D eigenvalue weighted by Gasteiger charge is -2.34. The summed E-state index contributed by atoms with van der Waals surface area (Å²) in [7, 11) is 0. The number of hydrogen-bond donors (Lipinski definition) is 2. The van der Waals surface area contributed by atoms with Crippen LogP contribution in [0.15, 0.2) is 65.8 Å². The molecule has 11 nitrogen and oxygen atoms in total. The van der Waals surface area contributed by atoms with E-state index in [1.165, 1.54) is 15.7 Å². The summed E-state index contributed by atoms with van der Waals surface area (Å²) in [6, 6.07) is 13.1. The van der Waals surface area contributed by atoms with Crippen molar-refractivity contribution in [3.63, 3.8) is 0 Å². The van der Waals surface area contributed by atoms with Crippen LogP contribution in [0.1, 0.15) is 6.42 Å². The number of fused-ring (bicyclic) bond motifs is 5. The Morgan fingerprint density at radius 1 is 1.03 bits per heavy atom. The predicted octanol–water partition coefficient (Wildman–Crippen LogP) is 4.42. The minimum atomic E-state index is -0.850. The van der Waals surface area contributed by atoms with Gasteiger partial charge in [-0.2, -0.15) is 4.98 Å². The fourth-order valence-corrected chi connectivity index (χ4v) is 6.16. The first-order valence-electron chi connectivity index (χ1n) is 12.2. The number of rotatable bonds is 4. The molecule has 13 heteroatoms. The first-order chi connectivity index (χ1) is 18.9. The highest BCUT2D eigenvalue weighted by molar-refractivity contribution is 6.37. The van der Waals surface area contributed by atoms with E-state index in [9.17, 15) is 14.7 Å². The Kier molecular flexibility index (Phi) is 5.39. The van der Waals surface area contributed by atoms with Crippen molar-refractivity contribution in [3.05, 3.63) is 81.5 Å². The largest absolute Gasteiger partial charge is 0.465 e. The Morgan fingerprint density at radius 3 is 2.49 bits per heavy atom. The van der Waals surface area contributed by atoms with E-state index < -0.39 is 11.7 Å². The molecule has 2 fully saturated rings. The number of amides is 1. The molecule has 5 heterocycles. The molecular formula is C26H20Cl2N8O3. The molecule has 5 aromatic rings. The van der Waals surface area contributed by atoms with Gasteiger partial charge in [-0.25, -0.2) is 19.3 Å². The van der Waals surface area contributed by atoms with E-state index in [-0.39, 0.29) is 17.5 Å². The van der Waals surface area contributed by atoms with Crippen LogP contribution >= 0.6 is 23.2 Å². The maximum Gasteiger partial charge on any atom is 0.407 e. The highest BCUT2D eigenvalue weighted by atomic mass is 35.5. The van der Waals surface area contributed by atoms with Crippen LogP contribution < -0.4 is 15.8 Å². The van der Waals surface area contributed by atoms with E-state index in [1.807, 2.05) is 24.3 Å². The molecule has 0 spiro atoms. The number of carboxylic acid groups (broad SMARTS) is 1. The van der Waals surface area contributed by atoms with Gasteiger partial charge in [-0.1, -0.05) is 29.3 Å². The molecule has 2 aliphatic heterocycles. The molecule has 2 aliphatic rings. The van der Waals surface area contributed by atoms with E-state index in [1.54, 1.807) is 35.0 Å². The van der Waals surface area contributed by atoms with Crippen LogP contribution in [0, 0.1) is 0 Å². The zero-order chi connectivity index (χ0) is 26.8. The molecule has 2 N–H and O–H groups in total. The van der Waals surface area contributed by atoms with Gasteiger partial charge in [0.2, 0.25) is 11.7 Å². The second-order valence-electron chi connectivity index (χ2n) is 9.54. The average Bonchev–Trinajstić information content (AvgIpc) is 3.67. The summed E-state index contributed by atoms with van der Waals surface area (Å²) >= 11 is 12.8. The number of halogens is 2. The van der Waals surface area contributed by atoms with E-state index >= 15 is 0 Å². The van der Waals surface area contributed by atoms with Gasteiger partial charge in [0.25, 0.3) is 5.56 Å². The number of carbonyl (C=O) groups is 1. The summed E-state index contributed by atoms with van der Waals surface area (Å²) in [4.78, 5) is 42.1. The minimum absolute atomic E-state index is 0.0369. The lowest BCUT2D eigenvalue weighted by molar-refractivity contribution is 0.137. The Hall–Kier alpha value is -4.35. The number of piperazine rings is 1. The zero-order valence-corrected chi connectivity index (χ0v) is 21.7. The van der Waals surface area contributed by atoms with Gasteiger partial charge in [0.1, 0.15) is 5.39 Å². The third-order valence-corrected chi connectivity index (χ3v) is 7.96. The number of aromatic nitrogens is 5. The summed E-state index contributed by atoms with van der Waals surface area (Å²) in [5, 5.41) is 13.4. The van der Waals surface area contributed by atoms with Crippen molar-refractivity contribution in [2.45, 2.75) is 18.5 Å². The van der Waals surface area contributed by atoms with Crippen molar-refractivity contribution in [1.82, 2.24) is 28.8 Å². The summed E-state index contributed by atoms with van der Waals surface area (Å²) in [5.74, 6) is 0.633. The van der Waals surface area contributed by atoms with Gasteiger partial charge in [0.05, 0.1) is 21.8 Å². The number of hydrogen-bond acceptors (Lipinski definition) is 7. The molecule has 0 radical (unpaired) electrons. The van der Waals surface area contributed by atoms with Crippen LogP contribution in [0.5, 0.6) is 0 Å². The fourth-order valence-electron chi connectivity index (χ4n) is 5.59. The highest BCUT2D eigenvalue weighted by Crippen LogP contribution is 2.35. The van der Waals surface area contributed by atoms with Crippen molar-refractivity contribution in [2.75, 3.05) is 23.3 Å². The van der Waals surface area contributed by atoms with E-state index in [0.717, 1.165) is 17.8 Å². The van der Waals surface area contributed by atoms with Gasteiger partial charge in [-0.15, -0.1) is 0 Å². The van der Waals surface area contributed by atoms with Gasteiger partial charge < -0.3 is 20.2 Å². The van der Waals surface area contributed by atoms with Gasteiger partial charge in [-0.3, -0.25) is 9.20 Å². The molecule has 0 unspecified atom stereocenters. The number of nitrogens with zero attached hydrogens (tertiary/aromatic N) is 7. The SMILES string of the molecule is O=C(O)N1C[C@H]2C[C@@H]1CN2c1ccc(Nc2ncc3c(=O)n(-c4c(Cl)cccc4Cl)c4nccn4c3n2)cc1. The topological polar surface area (TPSA) is 121 Å². The second kappa shape index (κ2) is 8.85. The van der Waals surface area contributed by atoms with Crippen LogP contribution in [0.2, 0.25) is 10.0 Å². The molecule has 2 atom stereocenters. The van der Waals surface area contributed by atoms with Crippen molar-refractivity contribution in [1.29, 1.82) is 0 Å². The fraction of sp³-hybridized carbons (Fsp3) is 0.192. The van der Waals surface area contributed by atoms with Crippen molar-refractivity contribution < 1.29 is 9.90 Å². The summed E-state index contributed by atoms with van der Waals surface area (Å²) in [6.07, 6.45) is 4.75. The Balaban J connectivity index is 1.20. The highest BCUT2D eigenvalue weighted by Gasteiger charge is 2.45. The van der Waals surface area contributed by atoms with E-state index in [2.05, 4.69) is 25.2 Å². The standard InChI is InChI=1S/C26H20Cl2N8O3/c27-19-2-1-3-20(28)21(19)36-23(37)18-11-30-24(32-22(18)33-9-8-29-25(33)36)31-14-4-6-15(7-5-14)34-12-17-10-16(34)13-35(17)26(38)39/h1-9,11,16-17H,10,12-13H2,(H,38,39)(H,30,31,32)/t16-,17-/m1/s1. The van der Waals surface area contributed by atoms with Crippen LogP contribution in [0.4, 0.5) is 22.1 Å². The molecule has 2 aromatic carbocycles. The predicted molar refractivity (Wildman–Crippen MR) is 148 cm³/mol. The smallest absolute Gasteiger partial charge is 0.407 e. The number of imidazole rings is 1. The number of nitrogens with one attached hydrogen (secondary N) is 1. The first-order valence-corrected chi connectivity index (χ1v) is 13.0. The normalized spacial score (nSPS) is 18.4. The van der Waals surface area contributed by atoms with E-state index in [4.69, 9.17) is 23.2 Å². The van der Waals surface area contributed by atoms with Crippen LogP contribution in [0.25, 0.3) is 22.5 Å². The van der Waals surface area contributed by atoms with Gasteiger partial charge in [0, 0.05) is 49.1 Å². The Labute approximate surface area is 230 Å². The molecule has 39 heavy (non-hydrogen) atoms. The summed E-state index contributed by atoms with van der Waals surface area (Å²) < 4.78 is 3.05. The van der Waals surface area contributed by atoms with Crippen molar-refractivity contribution in [2.24, 2.45) is 0 Å². The van der Waals surface area contributed by atoms with Crippen LogP contribution in [-0.2, 0) is 0 Å². The van der Waals surface area contributed by atoms with Crippen LogP contribution in [0.3, 0.4) is 0 Å². The second-order valence-corrected chi connectivity index (χ2v) is 10.4. The monoisotopic (exact) mass is 562 g/mol. The lowest BCUT2D eigenvalue weighted by atomic mass is 10.2. The quantitative estimate of drug-likeness (QED) is 0.330. The molecule has 196 valence electrons. The first kappa shape index (κ1) is 23.7. The molecule has 7 rings (SSSR count). The maximum absolute atomic E-state index is 13.5. The number of para-hydroxylation sites is 1. The lowest BCUT2D eigenvalue weighted by Crippen LogP contribution is -2.48. The van der Waals surface area contributed by atoms with Crippen molar-refractivity contribution >= 4 is 63.4 Å². The maximum atomic E-state index is 13.5. The molecule has 3 aromatic heterocycles. The van der Waals surface area contributed by atoms with Crippen molar-refractivity contribution in [3.8, 4) is 5.69 Å². The molecule has 0 saturated carbocycles. The van der Waals surface area contributed by atoms with Crippen LogP contribution in [-0.4, -0.2) is 65.2 Å². The molecule has 1 amide bonds. The average molecular weight is 563 g/mol. The molecular weight excluding hydrogens is 543 g/mol.